The van der Waals surface area contributed by atoms with Crippen LogP contribution in [0, 0.1) is 0 Å². The number of piperidine rings is 1. The fraction of sp³-hybridized carbons (Fsp3) is 0.227. The SMILES string of the molecule is O=S(=O)(c1ccc(Cl)cc1)c1nc(/C=C/c2ccccc2)oc1N1CCCCC1. The molecule has 2 aromatic carbocycles. The van der Waals surface area contributed by atoms with Crippen molar-refractivity contribution >= 4 is 39.5 Å². The fourth-order valence-corrected chi connectivity index (χ4v) is 4.77. The van der Waals surface area contributed by atoms with Crippen molar-refractivity contribution in [3.8, 4) is 0 Å². The maximum Gasteiger partial charge on any atom is 0.236 e. The summed E-state index contributed by atoms with van der Waals surface area (Å²) in [7, 11) is -3.84. The lowest BCUT2D eigenvalue weighted by atomic mass is 10.1. The highest BCUT2D eigenvalue weighted by atomic mass is 35.5. The van der Waals surface area contributed by atoms with E-state index < -0.39 is 9.84 Å². The van der Waals surface area contributed by atoms with Crippen LogP contribution < -0.4 is 4.90 Å². The molecule has 1 saturated heterocycles. The van der Waals surface area contributed by atoms with Gasteiger partial charge < -0.3 is 9.32 Å². The van der Waals surface area contributed by atoms with Crippen LogP contribution in [0.3, 0.4) is 0 Å². The number of hydrogen-bond acceptors (Lipinski definition) is 5. The number of halogens is 1. The highest BCUT2D eigenvalue weighted by molar-refractivity contribution is 7.91. The van der Waals surface area contributed by atoms with Gasteiger partial charge in [-0.1, -0.05) is 41.9 Å². The zero-order chi connectivity index (χ0) is 20.3. The molecule has 1 aromatic heterocycles. The minimum Gasteiger partial charge on any atom is -0.420 e. The molecular formula is C22H21ClN2O3S. The molecule has 29 heavy (non-hydrogen) atoms. The monoisotopic (exact) mass is 428 g/mol. The van der Waals surface area contributed by atoms with Crippen LogP contribution in [0.4, 0.5) is 5.88 Å². The summed E-state index contributed by atoms with van der Waals surface area (Å²) in [5.74, 6) is 0.578. The summed E-state index contributed by atoms with van der Waals surface area (Å²) in [4.78, 5) is 6.47. The van der Waals surface area contributed by atoms with Gasteiger partial charge in [-0.15, -0.1) is 0 Å². The maximum atomic E-state index is 13.3. The van der Waals surface area contributed by atoms with Crippen molar-refractivity contribution in [1.82, 2.24) is 4.98 Å². The van der Waals surface area contributed by atoms with E-state index >= 15 is 0 Å². The molecule has 2 heterocycles. The Morgan fingerprint density at radius 1 is 0.931 bits per heavy atom. The van der Waals surface area contributed by atoms with E-state index in [1.165, 1.54) is 12.1 Å². The van der Waals surface area contributed by atoms with Crippen molar-refractivity contribution in [3.05, 3.63) is 71.1 Å². The van der Waals surface area contributed by atoms with Crippen LogP contribution in [0.25, 0.3) is 12.2 Å². The number of anilines is 1. The first-order chi connectivity index (χ1) is 14.0. The third kappa shape index (κ3) is 4.38. The summed E-state index contributed by atoms with van der Waals surface area (Å²) in [6.45, 7) is 1.50. The number of oxazole rings is 1. The van der Waals surface area contributed by atoms with E-state index in [0.717, 1.165) is 37.9 Å². The lowest BCUT2D eigenvalue weighted by Crippen LogP contribution is -2.30. The summed E-state index contributed by atoms with van der Waals surface area (Å²) in [6, 6.07) is 15.8. The van der Waals surface area contributed by atoms with E-state index in [4.69, 9.17) is 16.0 Å². The summed E-state index contributed by atoms with van der Waals surface area (Å²) in [5, 5.41) is 0.432. The van der Waals surface area contributed by atoms with Gasteiger partial charge in [0.15, 0.2) is 0 Å². The Morgan fingerprint density at radius 2 is 1.62 bits per heavy atom. The van der Waals surface area contributed by atoms with Crippen molar-refractivity contribution in [2.45, 2.75) is 29.2 Å². The number of nitrogens with zero attached hydrogens (tertiary/aromatic N) is 2. The Hall–Kier alpha value is -2.57. The third-order valence-corrected chi connectivity index (χ3v) is 6.76. The van der Waals surface area contributed by atoms with Gasteiger partial charge in [-0.05, 0) is 55.2 Å². The molecule has 7 heteroatoms. The summed E-state index contributed by atoms with van der Waals surface area (Å²) in [6.07, 6.45) is 6.67. The van der Waals surface area contributed by atoms with Gasteiger partial charge in [0.2, 0.25) is 26.6 Å². The van der Waals surface area contributed by atoms with Crippen molar-refractivity contribution in [1.29, 1.82) is 0 Å². The average Bonchev–Trinajstić information content (AvgIpc) is 3.19. The number of benzene rings is 2. The van der Waals surface area contributed by atoms with Crippen LogP contribution >= 0.6 is 11.6 Å². The lowest BCUT2D eigenvalue weighted by Gasteiger charge is -2.26. The van der Waals surface area contributed by atoms with Crippen molar-refractivity contribution in [2.75, 3.05) is 18.0 Å². The van der Waals surface area contributed by atoms with Gasteiger partial charge in [0.25, 0.3) is 0 Å². The normalized spacial score (nSPS) is 15.1. The molecule has 0 radical (unpaired) electrons. The Morgan fingerprint density at radius 3 is 2.31 bits per heavy atom. The Balaban J connectivity index is 1.75. The van der Waals surface area contributed by atoms with E-state index in [1.54, 1.807) is 18.2 Å². The third-order valence-electron chi connectivity index (χ3n) is 4.84. The summed E-state index contributed by atoms with van der Waals surface area (Å²) >= 11 is 5.92. The predicted octanol–water partition coefficient (Wildman–Crippen LogP) is 5.32. The molecule has 1 fully saturated rings. The zero-order valence-corrected chi connectivity index (χ0v) is 17.4. The number of hydrogen-bond donors (Lipinski definition) is 0. The fourth-order valence-electron chi connectivity index (χ4n) is 3.31. The molecule has 0 amide bonds. The van der Waals surface area contributed by atoms with E-state index in [1.807, 2.05) is 41.3 Å². The highest BCUT2D eigenvalue weighted by Gasteiger charge is 2.31. The first-order valence-corrected chi connectivity index (χ1v) is 11.4. The molecule has 4 rings (SSSR count). The predicted molar refractivity (Wildman–Crippen MR) is 115 cm³/mol. The van der Waals surface area contributed by atoms with Gasteiger partial charge in [0.05, 0.1) is 4.90 Å². The molecule has 0 aliphatic carbocycles. The van der Waals surface area contributed by atoms with Gasteiger partial charge in [-0.25, -0.2) is 8.42 Å². The second-order valence-corrected chi connectivity index (χ2v) is 9.21. The number of aromatic nitrogens is 1. The molecule has 0 bridgehead atoms. The molecule has 1 aliphatic rings. The molecule has 5 nitrogen and oxygen atoms in total. The minimum absolute atomic E-state index is 0.0468. The Kier molecular flexibility index (Phi) is 5.74. The summed E-state index contributed by atoms with van der Waals surface area (Å²) in [5.41, 5.74) is 0.979. The lowest BCUT2D eigenvalue weighted by molar-refractivity contribution is 0.487. The Labute approximate surface area is 175 Å². The van der Waals surface area contributed by atoms with Crippen LogP contribution in [0.1, 0.15) is 30.7 Å². The molecule has 0 unspecified atom stereocenters. The highest BCUT2D eigenvalue weighted by Crippen LogP contribution is 2.33. The van der Waals surface area contributed by atoms with E-state index in [-0.39, 0.29) is 15.8 Å². The largest absolute Gasteiger partial charge is 0.420 e. The van der Waals surface area contributed by atoms with Crippen molar-refractivity contribution < 1.29 is 12.8 Å². The van der Waals surface area contributed by atoms with Crippen molar-refractivity contribution in [2.24, 2.45) is 0 Å². The maximum absolute atomic E-state index is 13.3. The number of sulfone groups is 1. The second kappa shape index (κ2) is 8.43. The molecule has 0 atom stereocenters. The van der Waals surface area contributed by atoms with Crippen LogP contribution in [0.5, 0.6) is 0 Å². The van der Waals surface area contributed by atoms with Crippen LogP contribution in [0.2, 0.25) is 5.02 Å². The summed E-state index contributed by atoms with van der Waals surface area (Å²) < 4.78 is 32.5. The van der Waals surface area contributed by atoms with Crippen molar-refractivity contribution in [3.63, 3.8) is 0 Å². The molecule has 0 N–H and O–H groups in total. The molecular weight excluding hydrogens is 408 g/mol. The Bertz CT molecular complexity index is 1100. The van der Waals surface area contributed by atoms with Gasteiger partial charge in [0, 0.05) is 24.2 Å². The topological polar surface area (TPSA) is 63.4 Å². The van der Waals surface area contributed by atoms with E-state index in [0.29, 0.717) is 10.9 Å². The zero-order valence-electron chi connectivity index (χ0n) is 15.8. The first-order valence-electron chi connectivity index (χ1n) is 9.53. The van der Waals surface area contributed by atoms with Gasteiger partial charge >= 0.3 is 0 Å². The molecule has 0 spiro atoms. The molecule has 0 saturated carbocycles. The van der Waals surface area contributed by atoms with Gasteiger partial charge in [-0.2, -0.15) is 4.98 Å². The molecule has 1 aliphatic heterocycles. The van der Waals surface area contributed by atoms with E-state index in [9.17, 15) is 8.42 Å². The van der Waals surface area contributed by atoms with Gasteiger partial charge in [0.1, 0.15) is 0 Å². The average molecular weight is 429 g/mol. The quantitative estimate of drug-likeness (QED) is 0.550. The first kappa shape index (κ1) is 19.7. The molecule has 3 aromatic rings. The standard InChI is InChI=1S/C22H21ClN2O3S/c23-18-10-12-19(13-11-18)29(26,27)21-22(25-15-5-2-6-16-25)28-20(24-21)14-9-17-7-3-1-4-8-17/h1,3-4,7-14H,2,5-6,15-16H2/b14-9+. The van der Waals surface area contributed by atoms with Gasteiger partial charge in [-0.3, -0.25) is 0 Å². The van der Waals surface area contributed by atoms with Crippen LogP contribution in [-0.4, -0.2) is 26.5 Å². The van der Waals surface area contributed by atoms with Crippen LogP contribution in [-0.2, 0) is 9.84 Å². The smallest absolute Gasteiger partial charge is 0.236 e. The van der Waals surface area contributed by atoms with Crippen LogP contribution in [0.15, 0.2) is 68.9 Å². The molecule has 150 valence electrons. The second-order valence-electron chi connectivity index (χ2n) is 6.91. The minimum atomic E-state index is -3.84. The van der Waals surface area contributed by atoms with E-state index in [2.05, 4.69) is 4.98 Å². The number of rotatable bonds is 5.